The van der Waals surface area contributed by atoms with Crippen LogP contribution in [-0.2, 0) is 28.9 Å². The molecule has 1 N–H and O–H groups in total. The lowest BCUT2D eigenvalue weighted by Gasteiger charge is -2.35. The Hall–Kier alpha value is -0.980. The number of ether oxygens (including phenoxy) is 1. The van der Waals surface area contributed by atoms with Gasteiger partial charge in [0.05, 0.1) is 25.5 Å². The van der Waals surface area contributed by atoms with Gasteiger partial charge in [-0.25, -0.2) is 4.98 Å². The summed E-state index contributed by atoms with van der Waals surface area (Å²) in [5, 5.41) is 10.9. The number of hydrogen-bond acceptors (Lipinski definition) is 6. The van der Waals surface area contributed by atoms with Crippen LogP contribution in [0.25, 0.3) is 0 Å². The third kappa shape index (κ3) is 3.27. The molecule has 21 heavy (non-hydrogen) atoms. The molecule has 0 unspecified atom stereocenters. The van der Waals surface area contributed by atoms with Crippen molar-refractivity contribution in [2.45, 2.75) is 57.2 Å². The highest BCUT2D eigenvalue weighted by molar-refractivity contribution is 7.11. The van der Waals surface area contributed by atoms with Gasteiger partial charge in [-0.05, 0) is 38.5 Å². The van der Waals surface area contributed by atoms with E-state index in [0.29, 0.717) is 25.9 Å². The standard InChI is InChI=1S/C15H22N2O3S/c1-20-15(19)12-8-10(18)6-7-17(12)9-14-16-11-4-2-3-5-13(11)21-14/h10,12,18H,2-9H2,1H3/t10-,12+/m0/s1. The van der Waals surface area contributed by atoms with E-state index in [4.69, 9.17) is 9.72 Å². The predicted molar refractivity (Wildman–Crippen MR) is 80.2 cm³/mol. The number of methoxy groups -OCH3 is 1. The molecule has 1 aromatic heterocycles. The van der Waals surface area contributed by atoms with Crippen molar-refractivity contribution in [2.24, 2.45) is 0 Å². The van der Waals surface area contributed by atoms with Crippen molar-refractivity contribution in [3.8, 4) is 0 Å². The van der Waals surface area contributed by atoms with Crippen LogP contribution < -0.4 is 0 Å². The smallest absolute Gasteiger partial charge is 0.323 e. The molecule has 1 saturated heterocycles. The molecule has 0 amide bonds. The largest absolute Gasteiger partial charge is 0.468 e. The minimum absolute atomic E-state index is 0.255. The van der Waals surface area contributed by atoms with E-state index in [1.165, 1.54) is 30.5 Å². The van der Waals surface area contributed by atoms with Gasteiger partial charge in [0.2, 0.25) is 0 Å². The first-order valence-electron chi connectivity index (χ1n) is 7.64. The average Bonchev–Trinajstić information content (AvgIpc) is 2.90. The van der Waals surface area contributed by atoms with E-state index in [9.17, 15) is 9.90 Å². The van der Waals surface area contributed by atoms with Crippen LogP contribution in [0, 0.1) is 0 Å². The van der Waals surface area contributed by atoms with Crippen LogP contribution in [0.3, 0.4) is 0 Å². The zero-order chi connectivity index (χ0) is 14.8. The third-order valence-corrected chi connectivity index (χ3v) is 5.53. The molecule has 1 fully saturated rings. The molecule has 0 radical (unpaired) electrons. The fourth-order valence-corrected chi connectivity index (χ4v) is 4.40. The molecule has 0 aromatic carbocycles. The van der Waals surface area contributed by atoms with Gasteiger partial charge in [0.1, 0.15) is 11.0 Å². The van der Waals surface area contributed by atoms with Crippen LogP contribution in [0.4, 0.5) is 0 Å². The van der Waals surface area contributed by atoms with Crippen LogP contribution in [-0.4, -0.2) is 46.8 Å². The van der Waals surface area contributed by atoms with Crippen molar-refractivity contribution in [1.82, 2.24) is 9.88 Å². The molecule has 2 atom stereocenters. The number of aliphatic hydroxyl groups is 1. The molecule has 3 rings (SSSR count). The van der Waals surface area contributed by atoms with Crippen LogP contribution >= 0.6 is 11.3 Å². The molecule has 5 nitrogen and oxygen atoms in total. The summed E-state index contributed by atoms with van der Waals surface area (Å²) in [5.74, 6) is -0.255. The molecular formula is C15H22N2O3S. The van der Waals surface area contributed by atoms with Crippen molar-refractivity contribution in [2.75, 3.05) is 13.7 Å². The Bertz CT molecular complexity index is 494. The SMILES string of the molecule is COC(=O)[C@H]1C[C@@H](O)CCN1Cc1nc2c(s1)CCCC2. The van der Waals surface area contributed by atoms with E-state index in [1.54, 1.807) is 11.3 Å². The van der Waals surface area contributed by atoms with Crippen molar-refractivity contribution >= 4 is 17.3 Å². The highest BCUT2D eigenvalue weighted by Gasteiger charge is 2.34. The van der Waals surface area contributed by atoms with Gasteiger partial charge in [-0.3, -0.25) is 9.69 Å². The summed E-state index contributed by atoms with van der Waals surface area (Å²) in [6.07, 6.45) is 5.48. The number of piperidine rings is 1. The monoisotopic (exact) mass is 310 g/mol. The number of carbonyl (C=O) groups excluding carboxylic acids is 1. The Morgan fingerprint density at radius 1 is 1.48 bits per heavy atom. The third-order valence-electron chi connectivity index (χ3n) is 4.39. The molecule has 2 aliphatic rings. The van der Waals surface area contributed by atoms with Gasteiger partial charge in [-0.2, -0.15) is 0 Å². The van der Waals surface area contributed by atoms with E-state index < -0.39 is 6.10 Å². The second-order valence-corrected chi connectivity index (χ2v) is 7.04. The number of aliphatic hydroxyl groups excluding tert-OH is 1. The van der Waals surface area contributed by atoms with E-state index in [2.05, 4.69) is 4.90 Å². The molecule has 1 aromatic rings. The average molecular weight is 310 g/mol. The van der Waals surface area contributed by atoms with Gasteiger partial charge < -0.3 is 9.84 Å². The van der Waals surface area contributed by atoms with Gasteiger partial charge in [0.15, 0.2) is 0 Å². The predicted octanol–water partition coefficient (Wildman–Crippen LogP) is 1.52. The molecular weight excluding hydrogens is 288 g/mol. The highest BCUT2D eigenvalue weighted by Crippen LogP contribution is 2.29. The van der Waals surface area contributed by atoms with Crippen LogP contribution in [0.1, 0.15) is 41.3 Å². The van der Waals surface area contributed by atoms with Gasteiger partial charge >= 0.3 is 5.97 Å². The molecule has 0 bridgehead atoms. The first-order valence-corrected chi connectivity index (χ1v) is 8.46. The lowest BCUT2D eigenvalue weighted by Crippen LogP contribution is -2.48. The Morgan fingerprint density at radius 3 is 3.05 bits per heavy atom. The second kappa shape index (κ2) is 6.42. The zero-order valence-corrected chi connectivity index (χ0v) is 13.2. The summed E-state index contributed by atoms with van der Waals surface area (Å²) in [6.45, 7) is 1.40. The van der Waals surface area contributed by atoms with Crippen molar-refractivity contribution in [3.05, 3.63) is 15.6 Å². The summed E-state index contributed by atoms with van der Waals surface area (Å²) in [4.78, 5) is 20.2. The lowest BCUT2D eigenvalue weighted by atomic mass is 9.99. The lowest BCUT2D eigenvalue weighted by molar-refractivity contribution is -0.150. The minimum atomic E-state index is -0.408. The number of aryl methyl sites for hydroxylation is 2. The first kappa shape index (κ1) is 14.9. The number of thiazole rings is 1. The van der Waals surface area contributed by atoms with E-state index in [-0.39, 0.29) is 12.0 Å². The number of nitrogens with zero attached hydrogens (tertiary/aromatic N) is 2. The summed E-state index contributed by atoms with van der Waals surface area (Å²) in [6, 6.07) is -0.348. The number of aromatic nitrogens is 1. The van der Waals surface area contributed by atoms with E-state index >= 15 is 0 Å². The molecule has 116 valence electrons. The highest BCUT2D eigenvalue weighted by atomic mass is 32.1. The Kier molecular flexibility index (Phi) is 4.57. The number of rotatable bonds is 3. The Morgan fingerprint density at radius 2 is 2.29 bits per heavy atom. The quantitative estimate of drug-likeness (QED) is 0.858. The maximum atomic E-state index is 11.9. The normalized spacial score (nSPS) is 26.4. The van der Waals surface area contributed by atoms with Crippen molar-refractivity contribution < 1.29 is 14.6 Å². The molecule has 0 spiro atoms. The number of hydrogen-bond donors (Lipinski definition) is 1. The van der Waals surface area contributed by atoms with Crippen molar-refractivity contribution in [1.29, 1.82) is 0 Å². The van der Waals surface area contributed by atoms with Gasteiger partial charge in [0, 0.05) is 11.4 Å². The van der Waals surface area contributed by atoms with Crippen LogP contribution in [0.2, 0.25) is 0 Å². The van der Waals surface area contributed by atoms with Gasteiger partial charge in [-0.1, -0.05) is 0 Å². The maximum absolute atomic E-state index is 11.9. The topological polar surface area (TPSA) is 62.7 Å². The minimum Gasteiger partial charge on any atom is -0.468 e. The Balaban J connectivity index is 1.72. The number of esters is 1. The number of fused-ring (bicyclic) bond motifs is 1. The van der Waals surface area contributed by atoms with Crippen LogP contribution in [0.15, 0.2) is 0 Å². The molecule has 2 heterocycles. The summed E-state index contributed by atoms with van der Waals surface area (Å²) >= 11 is 1.78. The van der Waals surface area contributed by atoms with E-state index in [1.807, 2.05) is 0 Å². The van der Waals surface area contributed by atoms with Gasteiger partial charge in [0.25, 0.3) is 0 Å². The van der Waals surface area contributed by atoms with E-state index in [0.717, 1.165) is 17.8 Å². The molecule has 6 heteroatoms. The summed E-state index contributed by atoms with van der Waals surface area (Å²) in [7, 11) is 1.41. The molecule has 1 aliphatic heterocycles. The summed E-state index contributed by atoms with van der Waals surface area (Å²) in [5.41, 5.74) is 1.26. The van der Waals surface area contributed by atoms with Crippen molar-refractivity contribution in [3.63, 3.8) is 0 Å². The van der Waals surface area contributed by atoms with Crippen LogP contribution in [0.5, 0.6) is 0 Å². The fourth-order valence-electron chi connectivity index (χ4n) is 3.21. The molecule has 0 saturated carbocycles. The number of carbonyl (C=O) groups is 1. The number of likely N-dealkylation sites (tertiary alicyclic amines) is 1. The second-order valence-electron chi connectivity index (χ2n) is 5.87. The maximum Gasteiger partial charge on any atom is 0.323 e. The summed E-state index contributed by atoms with van der Waals surface area (Å²) < 4.78 is 4.88. The first-order chi connectivity index (χ1) is 10.2. The zero-order valence-electron chi connectivity index (χ0n) is 12.4. The Labute approximate surface area is 128 Å². The van der Waals surface area contributed by atoms with Gasteiger partial charge in [-0.15, -0.1) is 11.3 Å². The fraction of sp³-hybridized carbons (Fsp3) is 0.733. The molecule has 1 aliphatic carbocycles.